The quantitative estimate of drug-likeness (QED) is 0.673. The SMILES string of the molecule is Nc1nsc(C2CCOC2)n1. The van der Waals surface area contributed by atoms with Gasteiger partial charge in [0.2, 0.25) is 5.95 Å². The van der Waals surface area contributed by atoms with Crippen LogP contribution in [0, 0.1) is 0 Å². The van der Waals surface area contributed by atoms with Crippen LogP contribution in [0.15, 0.2) is 0 Å². The van der Waals surface area contributed by atoms with Crippen molar-refractivity contribution in [2.75, 3.05) is 18.9 Å². The molecule has 0 amide bonds. The maximum absolute atomic E-state index is 5.39. The number of nitrogens with zero attached hydrogens (tertiary/aromatic N) is 2. The molecule has 2 heterocycles. The third kappa shape index (κ3) is 1.34. The van der Waals surface area contributed by atoms with Gasteiger partial charge in [-0.05, 0) is 18.0 Å². The molecule has 1 fully saturated rings. The van der Waals surface area contributed by atoms with Gasteiger partial charge in [-0.2, -0.15) is 4.37 Å². The van der Waals surface area contributed by atoms with Gasteiger partial charge in [-0.1, -0.05) is 0 Å². The Kier molecular flexibility index (Phi) is 1.75. The van der Waals surface area contributed by atoms with Gasteiger partial charge in [-0.25, -0.2) is 4.98 Å². The lowest BCUT2D eigenvalue weighted by Gasteiger charge is -1.98. The Morgan fingerprint density at radius 3 is 3.09 bits per heavy atom. The number of hydrogen-bond donors (Lipinski definition) is 1. The summed E-state index contributed by atoms with van der Waals surface area (Å²) in [6.45, 7) is 1.61. The van der Waals surface area contributed by atoms with E-state index in [1.54, 1.807) is 0 Å². The van der Waals surface area contributed by atoms with Crippen LogP contribution in [-0.4, -0.2) is 22.6 Å². The smallest absolute Gasteiger partial charge is 0.232 e. The summed E-state index contributed by atoms with van der Waals surface area (Å²) in [6, 6.07) is 0. The van der Waals surface area contributed by atoms with Crippen molar-refractivity contribution in [1.29, 1.82) is 0 Å². The molecule has 0 saturated carbocycles. The highest BCUT2D eigenvalue weighted by atomic mass is 32.1. The van der Waals surface area contributed by atoms with Crippen LogP contribution in [0.4, 0.5) is 5.95 Å². The molecule has 1 aliphatic heterocycles. The lowest BCUT2D eigenvalue weighted by Crippen LogP contribution is -1.96. The van der Waals surface area contributed by atoms with Gasteiger partial charge in [-0.15, -0.1) is 0 Å². The van der Waals surface area contributed by atoms with E-state index in [9.17, 15) is 0 Å². The fraction of sp³-hybridized carbons (Fsp3) is 0.667. The van der Waals surface area contributed by atoms with Gasteiger partial charge in [0.1, 0.15) is 5.01 Å². The number of aromatic nitrogens is 2. The zero-order chi connectivity index (χ0) is 7.68. The molecule has 4 nitrogen and oxygen atoms in total. The standard InChI is InChI=1S/C6H9N3OS/c7-6-8-5(11-9-6)4-1-2-10-3-4/h4H,1-3H2,(H2,7,9). The number of anilines is 1. The van der Waals surface area contributed by atoms with Crippen molar-refractivity contribution in [3.8, 4) is 0 Å². The molecule has 0 radical (unpaired) electrons. The van der Waals surface area contributed by atoms with Crippen LogP contribution in [0.2, 0.25) is 0 Å². The Morgan fingerprint density at radius 2 is 2.55 bits per heavy atom. The molecule has 1 atom stereocenters. The highest BCUT2D eigenvalue weighted by Gasteiger charge is 2.20. The summed E-state index contributed by atoms with van der Waals surface area (Å²) in [7, 11) is 0. The topological polar surface area (TPSA) is 61.0 Å². The number of nitrogens with two attached hydrogens (primary N) is 1. The summed E-state index contributed by atoms with van der Waals surface area (Å²) < 4.78 is 9.13. The van der Waals surface area contributed by atoms with Crippen LogP contribution in [0.5, 0.6) is 0 Å². The lowest BCUT2D eigenvalue weighted by atomic mass is 10.1. The van der Waals surface area contributed by atoms with Crippen molar-refractivity contribution in [3.05, 3.63) is 5.01 Å². The Labute approximate surface area is 68.6 Å². The minimum atomic E-state index is 0.386. The van der Waals surface area contributed by atoms with E-state index < -0.39 is 0 Å². The van der Waals surface area contributed by atoms with Crippen molar-refractivity contribution >= 4 is 17.5 Å². The second-order valence-corrected chi connectivity index (χ2v) is 3.33. The van der Waals surface area contributed by atoms with E-state index in [4.69, 9.17) is 10.5 Å². The summed E-state index contributed by atoms with van der Waals surface area (Å²) >= 11 is 1.38. The molecule has 60 valence electrons. The molecule has 1 aromatic rings. The van der Waals surface area contributed by atoms with Crippen LogP contribution in [0.1, 0.15) is 17.3 Å². The van der Waals surface area contributed by atoms with Crippen molar-refractivity contribution in [1.82, 2.24) is 9.36 Å². The van der Waals surface area contributed by atoms with Crippen LogP contribution in [-0.2, 0) is 4.74 Å². The second kappa shape index (κ2) is 2.75. The molecule has 0 bridgehead atoms. The van der Waals surface area contributed by atoms with Gasteiger partial charge >= 0.3 is 0 Å². The third-order valence-corrected chi connectivity index (χ3v) is 2.63. The molecule has 1 unspecified atom stereocenters. The van der Waals surface area contributed by atoms with Gasteiger partial charge in [0, 0.05) is 12.5 Å². The summed E-state index contributed by atoms with van der Waals surface area (Å²) in [4.78, 5) is 4.10. The van der Waals surface area contributed by atoms with E-state index in [1.807, 2.05) is 0 Å². The second-order valence-electron chi connectivity index (χ2n) is 2.55. The molecule has 0 aliphatic carbocycles. The van der Waals surface area contributed by atoms with Crippen LogP contribution in [0.3, 0.4) is 0 Å². The highest BCUT2D eigenvalue weighted by Crippen LogP contribution is 2.26. The summed E-state index contributed by atoms with van der Waals surface area (Å²) in [5, 5.41) is 1.01. The molecule has 5 heteroatoms. The molecule has 2 rings (SSSR count). The highest BCUT2D eigenvalue weighted by molar-refractivity contribution is 7.05. The Morgan fingerprint density at radius 1 is 1.64 bits per heavy atom. The van der Waals surface area contributed by atoms with E-state index in [1.165, 1.54) is 11.5 Å². The summed E-state index contributed by atoms with van der Waals surface area (Å²) in [5.41, 5.74) is 5.39. The third-order valence-electron chi connectivity index (χ3n) is 1.74. The van der Waals surface area contributed by atoms with Crippen molar-refractivity contribution in [2.24, 2.45) is 0 Å². The first-order valence-corrected chi connectivity index (χ1v) is 4.30. The summed E-state index contributed by atoms with van der Waals surface area (Å²) in [5.74, 6) is 0.821. The number of hydrogen-bond acceptors (Lipinski definition) is 5. The predicted octanol–water partition coefficient (Wildman–Crippen LogP) is 0.624. The van der Waals surface area contributed by atoms with Crippen LogP contribution < -0.4 is 5.73 Å². The van der Waals surface area contributed by atoms with E-state index in [-0.39, 0.29) is 0 Å². The molecule has 1 saturated heterocycles. The van der Waals surface area contributed by atoms with Gasteiger partial charge in [-0.3, -0.25) is 0 Å². The monoisotopic (exact) mass is 171 g/mol. The Bertz CT molecular complexity index is 244. The minimum Gasteiger partial charge on any atom is -0.381 e. The van der Waals surface area contributed by atoms with Gasteiger partial charge in [0.25, 0.3) is 0 Å². The van der Waals surface area contributed by atoms with Crippen molar-refractivity contribution in [3.63, 3.8) is 0 Å². The first-order valence-electron chi connectivity index (χ1n) is 3.53. The number of rotatable bonds is 1. The van der Waals surface area contributed by atoms with Gasteiger partial charge < -0.3 is 10.5 Å². The first kappa shape index (κ1) is 7.00. The zero-order valence-corrected chi connectivity index (χ0v) is 6.80. The Balaban J connectivity index is 2.15. The lowest BCUT2D eigenvalue weighted by molar-refractivity contribution is 0.194. The number of ether oxygens (including phenoxy) is 1. The average molecular weight is 171 g/mol. The van der Waals surface area contributed by atoms with Crippen LogP contribution in [0.25, 0.3) is 0 Å². The van der Waals surface area contributed by atoms with E-state index >= 15 is 0 Å². The van der Waals surface area contributed by atoms with Gasteiger partial charge in [0.05, 0.1) is 6.61 Å². The van der Waals surface area contributed by atoms with Gasteiger partial charge in [0.15, 0.2) is 0 Å². The molecule has 1 aromatic heterocycles. The zero-order valence-electron chi connectivity index (χ0n) is 5.99. The molecular formula is C6H9N3OS. The molecule has 1 aliphatic rings. The van der Waals surface area contributed by atoms with Crippen molar-refractivity contribution < 1.29 is 4.74 Å². The van der Waals surface area contributed by atoms with Crippen LogP contribution >= 0.6 is 11.5 Å². The maximum atomic E-state index is 5.39. The van der Waals surface area contributed by atoms with E-state index in [2.05, 4.69) is 9.36 Å². The minimum absolute atomic E-state index is 0.386. The normalized spacial score (nSPS) is 24.2. The molecular weight excluding hydrogens is 162 g/mol. The molecule has 0 aromatic carbocycles. The largest absolute Gasteiger partial charge is 0.381 e. The fourth-order valence-electron chi connectivity index (χ4n) is 1.14. The average Bonchev–Trinajstić information content (AvgIpc) is 2.55. The van der Waals surface area contributed by atoms with E-state index in [0.29, 0.717) is 11.9 Å². The molecule has 0 spiro atoms. The predicted molar refractivity (Wildman–Crippen MR) is 42.5 cm³/mol. The molecule has 11 heavy (non-hydrogen) atoms. The fourth-order valence-corrected chi connectivity index (χ4v) is 1.84. The first-order chi connectivity index (χ1) is 5.36. The summed E-state index contributed by atoms with van der Waals surface area (Å²) in [6.07, 6.45) is 1.05. The van der Waals surface area contributed by atoms with E-state index in [0.717, 1.165) is 24.6 Å². The molecule has 2 N–H and O–H groups in total. The number of nitrogen functional groups attached to an aromatic ring is 1. The van der Waals surface area contributed by atoms with Crippen molar-refractivity contribution in [2.45, 2.75) is 12.3 Å². The Hall–Kier alpha value is -0.680. The maximum Gasteiger partial charge on any atom is 0.232 e.